The molecule has 1 aromatic rings. The van der Waals surface area contributed by atoms with Gasteiger partial charge in [-0.25, -0.2) is 4.39 Å². The number of amides is 1. The maximum atomic E-state index is 13.1. The van der Waals surface area contributed by atoms with Crippen LogP contribution in [-0.4, -0.2) is 18.5 Å². The van der Waals surface area contributed by atoms with Crippen LogP contribution in [0.1, 0.15) is 19.3 Å². The molecule has 0 radical (unpaired) electrons. The molecule has 1 atom stereocenters. The minimum absolute atomic E-state index is 0.0109. The molecule has 1 amide bonds. The Kier molecular flexibility index (Phi) is 3.84. The average molecular weight is 257 g/mol. The van der Waals surface area contributed by atoms with Crippen LogP contribution < -0.4 is 10.6 Å². The Morgan fingerprint density at radius 3 is 3.12 bits per heavy atom. The lowest BCUT2D eigenvalue weighted by atomic mass is 10.1. The molecule has 17 heavy (non-hydrogen) atoms. The van der Waals surface area contributed by atoms with E-state index in [1.54, 1.807) is 0 Å². The lowest BCUT2D eigenvalue weighted by Gasteiger charge is -2.17. The minimum Gasteiger partial charge on any atom is -0.381 e. The van der Waals surface area contributed by atoms with Crippen LogP contribution in [0.5, 0.6) is 0 Å². The Labute approximate surface area is 104 Å². The SMILES string of the molecule is O=C1CC(Nc2cc(F)ccc2Cl)CCCN1. The fourth-order valence-electron chi connectivity index (χ4n) is 1.93. The molecule has 1 unspecified atom stereocenters. The van der Waals surface area contributed by atoms with Gasteiger partial charge >= 0.3 is 0 Å². The first kappa shape index (κ1) is 12.2. The van der Waals surface area contributed by atoms with Crippen molar-refractivity contribution in [2.24, 2.45) is 0 Å². The molecule has 1 heterocycles. The van der Waals surface area contributed by atoms with Crippen molar-refractivity contribution in [1.29, 1.82) is 0 Å². The summed E-state index contributed by atoms with van der Waals surface area (Å²) < 4.78 is 13.1. The van der Waals surface area contributed by atoms with E-state index < -0.39 is 0 Å². The number of carbonyl (C=O) groups is 1. The molecular formula is C12H14ClFN2O. The molecule has 1 aliphatic heterocycles. The average Bonchev–Trinajstić information content (AvgIpc) is 2.48. The number of benzene rings is 1. The Bertz CT molecular complexity index is 425. The number of rotatable bonds is 2. The molecule has 0 aromatic heterocycles. The number of hydrogen-bond donors (Lipinski definition) is 2. The maximum absolute atomic E-state index is 13.1. The minimum atomic E-state index is -0.338. The second-order valence-electron chi connectivity index (χ2n) is 4.16. The van der Waals surface area contributed by atoms with Crippen molar-refractivity contribution in [2.75, 3.05) is 11.9 Å². The quantitative estimate of drug-likeness (QED) is 0.854. The smallest absolute Gasteiger partial charge is 0.222 e. The predicted molar refractivity (Wildman–Crippen MR) is 65.7 cm³/mol. The summed E-state index contributed by atoms with van der Waals surface area (Å²) in [7, 11) is 0. The fraction of sp³-hybridized carbons (Fsp3) is 0.417. The van der Waals surface area contributed by atoms with E-state index in [2.05, 4.69) is 10.6 Å². The van der Waals surface area contributed by atoms with Gasteiger partial charge < -0.3 is 10.6 Å². The largest absolute Gasteiger partial charge is 0.381 e. The first-order valence-corrected chi connectivity index (χ1v) is 6.01. The highest BCUT2D eigenvalue weighted by Crippen LogP contribution is 2.24. The fourth-order valence-corrected chi connectivity index (χ4v) is 2.10. The summed E-state index contributed by atoms with van der Waals surface area (Å²) in [6, 6.07) is 4.19. The van der Waals surface area contributed by atoms with E-state index in [9.17, 15) is 9.18 Å². The molecule has 0 saturated carbocycles. The number of anilines is 1. The monoisotopic (exact) mass is 256 g/mol. The Hall–Kier alpha value is -1.29. The second kappa shape index (κ2) is 5.36. The predicted octanol–water partition coefficient (Wildman–Crippen LogP) is 2.56. The molecule has 92 valence electrons. The second-order valence-corrected chi connectivity index (χ2v) is 4.57. The van der Waals surface area contributed by atoms with E-state index >= 15 is 0 Å². The molecular weight excluding hydrogens is 243 g/mol. The van der Waals surface area contributed by atoms with Crippen molar-refractivity contribution in [3.63, 3.8) is 0 Å². The van der Waals surface area contributed by atoms with Crippen molar-refractivity contribution in [2.45, 2.75) is 25.3 Å². The number of carbonyl (C=O) groups excluding carboxylic acids is 1. The molecule has 1 fully saturated rings. The highest BCUT2D eigenvalue weighted by atomic mass is 35.5. The standard InChI is InChI=1S/C12H14ClFN2O/c13-10-4-3-8(14)6-11(10)16-9-2-1-5-15-12(17)7-9/h3-4,6,9,16H,1-2,5,7H2,(H,15,17). The summed E-state index contributed by atoms with van der Waals surface area (Å²) in [5, 5.41) is 6.40. The summed E-state index contributed by atoms with van der Waals surface area (Å²) in [6.07, 6.45) is 2.18. The number of halogens is 2. The van der Waals surface area contributed by atoms with E-state index in [4.69, 9.17) is 11.6 Å². The molecule has 1 aliphatic rings. The highest BCUT2D eigenvalue weighted by Gasteiger charge is 2.18. The van der Waals surface area contributed by atoms with Gasteiger partial charge in [-0.3, -0.25) is 4.79 Å². The van der Waals surface area contributed by atoms with Gasteiger partial charge in [-0.05, 0) is 31.0 Å². The third-order valence-electron chi connectivity index (χ3n) is 2.77. The van der Waals surface area contributed by atoms with Crippen molar-refractivity contribution in [3.8, 4) is 0 Å². The summed E-state index contributed by atoms with van der Waals surface area (Å²) in [4.78, 5) is 11.4. The summed E-state index contributed by atoms with van der Waals surface area (Å²) in [5.41, 5.74) is 0.548. The van der Waals surface area contributed by atoms with Crippen molar-refractivity contribution >= 4 is 23.2 Å². The van der Waals surface area contributed by atoms with E-state index in [-0.39, 0.29) is 17.8 Å². The topological polar surface area (TPSA) is 41.1 Å². The van der Waals surface area contributed by atoms with Gasteiger partial charge in [0.15, 0.2) is 0 Å². The molecule has 0 bridgehead atoms. The summed E-state index contributed by atoms with van der Waals surface area (Å²) in [5.74, 6) is -0.317. The van der Waals surface area contributed by atoms with Crippen LogP contribution in [0.4, 0.5) is 10.1 Å². The maximum Gasteiger partial charge on any atom is 0.222 e. The molecule has 2 N–H and O–H groups in total. The Morgan fingerprint density at radius 2 is 2.29 bits per heavy atom. The van der Waals surface area contributed by atoms with Gasteiger partial charge in [0.05, 0.1) is 10.7 Å². The zero-order valence-corrected chi connectivity index (χ0v) is 10.1. The molecule has 0 aliphatic carbocycles. The van der Waals surface area contributed by atoms with E-state index in [1.165, 1.54) is 18.2 Å². The van der Waals surface area contributed by atoms with Crippen molar-refractivity contribution in [3.05, 3.63) is 29.0 Å². The van der Waals surface area contributed by atoms with Crippen molar-refractivity contribution < 1.29 is 9.18 Å². The van der Waals surface area contributed by atoms with Crippen LogP contribution in [0, 0.1) is 5.82 Å². The van der Waals surface area contributed by atoms with Gasteiger partial charge in [-0.2, -0.15) is 0 Å². The van der Waals surface area contributed by atoms with Gasteiger partial charge in [-0.1, -0.05) is 11.6 Å². The van der Waals surface area contributed by atoms with E-state index in [0.29, 0.717) is 23.7 Å². The zero-order valence-electron chi connectivity index (χ0n) is 9.30. The Balaban J connectivity index is 2.08. The first-order valence-electron chi connectivity index (χ1n) is 5.63. The zero-order chi connectivity index (χ0) is 12.3. The molecule has 3 nitrogen and oxygen atoms in total. The van der Waals surface area contributed by atoms with E-state index in [0.717, 1.165) is 12.8 Å². The van der Waals surface area contributed by atoms with Gasteiger partial charge in [-0.15, -0.1) is 0 Å². The van der Waals surface area contributed by atoms with Crippen molar-refractivity contribution in [1.82, 2.24) is 5.32 Å². The van der Waals surface area contributed by atoms with Gasteiger partial charge in [0.1, 0.15) is 5.82 Å². The molecule has 2 rings (SSSR count). The van der Waals surface area contributed by atoms with Gasteiger partial charge in [0.25, 0.3) is 0 Å². The number of hydrogen-bond acceptors (Lipinski definition) is 2. The molecule has 5 heteroatoms. The van der Waals surface area contributed by atoms with Crippen LogP contribution in [0.15, 0.2) is 18.2 Å². The van der Waals surface area contributed by atoms with Gasteiger partial charge in [0, 0.05) is 19.0 Å². The third-order valence-corrected chi connectivity index (χ3v) is 3.10. The Morgan fingerprint density at radius 1 is 1.47 bits per heavy atom. The summed E-state index contributed by atoms with van der Waals surface area (Å²) >= 11 is 5.96. The molecule has 0 spiro atoms. The van der Waals surface area contributed by atoms with Crippen LogP contribution in [0.25, 0.3) is 0 Å². The lowest BCUT2D eigenvalue weighted by molar-refractivity contribution is -0.120. The molecule has 1 saturated heterocycles. The normalized spacial score (nSPS) is 20.6. The van der Waals surface area contributed by atoms with Gasteiger partial charge in [0.2, 0.25) is 5.91 Å². The van der Waals surface area contributed by atoms with E-state index in [1.807, 2.05) is 0 Å². The van der Waals surface area contributed by atoms with Crippen LogP contribution in [-0.2, 0) is 4.79 Å². The highest BCUT2D eigenvalue weighted by molar-refractivity contribution is 6.33. The molecule has 1 aromatic carbocycles. The van der Waals surface area contributed by atoms with Crippen LogP contribution in [0.3, 0.4) is 0 Å². The summed E-state index contributed by atoms with van der Waals surface area (Å²) in [6.45, 7) is 0.702. The number of nitrogens with one attached hydrogen (secondary N) is 2. The third kappa shape index (κ3) is 3.33. The van der Waals surface area contributed by atoms with Crippen LogP contribution in [0.2, 0.25) is 5.02 Å². The first-order chi connectivity index (χ1) is 8.15. The lowest BCUT2D eigenvalue weighted by Crippen LogP contribution is -2.26. The van der Waals surface area contributed by atoms with Crippen LogP contribution >= 0.6 is 11.6 Å².